The van der Waals surface area contributed by atoms with Gasteiger partial charge in [-0.05, 0) is 0 Å². The van der Waals surface area contributed by atoms with Crippen LogP contribution in [0.4, 0.5) is 0 Å². The molecule has 2 heterocycles. The van der Waals surface area contributed by atoms with E-state index in [-0.39, 0.29) is 0 Å². The lowest BCUT2D eigenvalue weighted by atomic mass is 10.1. The summed E-state index contributed by atoms with van der Waals surface area (Å²) in [6.07, 6.45) is 0. The Morgan fingerprint density at radius 3 is 2.40 bits per heavy atom. The summed E-state index contributed by atoms with van der Waals surface area (Å²) in [5, 5.41) is 3.31. The van der Waals surface area contributed by atoms with Gasteiger partial charge in [0.25, 0.3) is 0 Å². The summed E-state index contributed by atoms with van der Waals surface area (Å²) in [5.74, 6) is 2.69. The van der Waals surface area contributed by atoms with Crippen LogP contribution in [0.2, 0.25) is 0 Å². The summed E-state index contributed by atoms with van der Waals surface area (Å²) in [4.78, 5) is 2.62. The topological polar surface area (TPSA) is 15.3 Å². The third-order valence-electron chi connectivity index (χ3n) is 2.32. The summed E-state index contributed by atoms with van der Waals surface area (Å²) in [6.45, 7) is 5.09. The average Bonchev–Trinajstić information content (AvgIpc) is 1.86. The van der Waals surface area contributed by atoms with E-state index in [1.807, 2.05) is 0 Å². The molecule has 2 nitrogen and oxygen atoms in total. The summed E-state index contributed by atoms with van der Waals surface area (Å²) < 4.78 is 0. The first-order valence-electron chi connectivity index (χ1n) is 3.99. The molecule has 3 heteroatoms. The van der Waals surface area contributed by atoms with Crippen molar-refractivity contribution in [2.45, 2.75) is 6.04 Å². The van der Waals surface area contributed by atoms with Crippen LogP contribution < -0.4 is 5.32 Å². The van der Waals surface area contributed by atoms with Crippen molar-refractivity contribution >= 4 is 11.8 Å². The van der Waals surface area contributed by atoms with Crippen molar-refractivity contribution in [3.8, 4) is 0 Å². The molecule has 10 heavy (non-hydrogen) atoms. The molecule has 2 rings (SSSR count). The lowest BCUT2D eigenvalue weighted by Gasteiger charge is -2.40. The average molecular weight is 158 g/mol. The highest BCUT2D eigenvalue weighted by molar-refractivity contribution is 7.99. The summed E-state index contributed by atoms with van der Waals surface area (Å²) >= 11 is 2.09. The van der Waals surface area contributed by atoms with Gasteiger partial charge in [-0.1, -0.05) is 0 Å². The van der Waals surface area contributed by atoms with E-state index >= 15 is 0 Å². The molecule has 0 amide bonds. The van der Waals surface area contributed by atoms with Gasteiger partial charge in [-0.3, -0.25) is 4.90 Å². The fraction of sp³-hybridized carbons (Fsp3) is 1.00. The molecule has 0 aromatic heterocycles. The molecule has 0 bridgehead atoms. The van der Waals surface area contributed by atoms with Gasteiger partial charge in [0.15, 0.2) is 0 Å². The Bertz CT molecular complexity index is 108. The number of hydrogen-bond acceptors (Lipinski definition) is 3. The largest absolute Gasteiger partial charge is 0.314 e. The maximum Gasteiger partial charge on any atom is 0.0346 e. The second-order valence-electron chi connectivity index (χ2n) is 2.96. The maximum atomic E-state index is 3.31. The van der Waals surface area contributed by atoms with Gasteiger partial charge in [-0.25, -0.2) is 0 Å². The van der Waals surface area contributed by atoms with Gasteiger partial charge in [0.1, 0.15) is 0 Å². The molecule has 2 fully saturated rings. The van der Waals surface area contributed by atoms with E-state index in [4.69, 9.17) is 0 Å². The molecular formula is C7H14N2S. The molecular weight excluding hydrogens is 144 g/mol. The van der Waals surface area contributed by atoms with Crippen LogP contribution in [0.5, 0.6) is 0 Å². The third-order valence-corrected chi connectivity index (χ3v) is 3.26. The van der Waals surface area contributed by atoms with E-state index < -0.39 is 0 Å². The SMILES string of the molecule is C1CN(C2CNC2)CCS1. The number of nitrogens with zero attached hydrogens (tertiary/aromatic N) is 1. The Balaban J connectivity index is 1.78. The third kappa shape index (κ3) is 1.31. The molecule has 0 radical (unpaired) electrons. The zero-order chi connectivity index (χ0) is 6.81. The van der Waals surface area contributed by atoms with Crippen LogP contribution >= 0.6 is 11.8 Å². The molecule has 58 valence electrons. The minimum atomic E-state index is 0.876. The van der Waals surface area contributed by atoms with E-state index in [2.05, 4.69) is 22.0 Å². The van der Waals surface area contributed by atoms with Gasteiger partial charge in [0.05, 0.1) is 0 Å². The van der Waals surface area contributed by atoms with E-state index in [9.17, 15) is 0 Å². The van der Waals surface area contributed by atoms with Crippen molar-refractivity contribution in [3.63, 3.8) is 0 Å². The molecule has 0 aromatic rings. The number of thioether (sulfide) groups is 1. The van der Waals surface area contributed by atoms with Crippen molar-refractivity contribution in [1.82, 2.24) is 10.2 Å². The van der Waals surface area contributed by atoms with Gasteiger partial charge in [0.2, 0.25) is 0 Å². The van der Waals surface area contributed by atoms with Crippen LogP contribution in [-0.4, -0.2) is 48.6 Å². The zero-order valence-electron chi connectivity index (χ0n) is 6.18. The van der Waals surface area contributed by atoms with Gasteiger partial charge in [-0.2, -0.15) is 11.8 Å². The predicted molar refractivity (Wildman–Crippen MR) is 45.6 cm³/mol. The first-order chi connectivity index (χ1) is 4.97. The van der Waals surface area contributed by atoms with E-state index in [1.54, 1.807) is 0 Å². The maximum absolute atomic E-state index is 3.31. The minimum Gasteiger partial charge on any atom is -0.314 e. The summed E-state index contributed by atoms with van der Waals surface area (Å²) in [5.41, 5.74) is 0. The van der Waals surface area contributed by atoms with Crippen LogP contribution in [0, 0.1) is 0 Å². The monoisotopic (exact) mass is 158 g/mol. The van der Waals surface area contributed by atoms with Crippen LogP contribution in [0.15, 0.2) is 0 Å². The lowest BCUT2D eigenvalue weighted by Crippen LogP contribution is -2.58. The highest BCUT2D eigenvalue weighted by Gasteiger charge is 2.25. The molecule has 2 saturated heterocycles. The van der Waals surface area contributed by atoms with Crippen molar-refractivity contribution in [3.05, 3.63) is 0 Å². The minimum absolute atomic E-state index is 0.876. The molecule has 0 spiro atoms. The standard InChI is InChI=1S/C7H14N2S/c1-3-10-4-2-9(1)7-5-8-6-7/h7-8H,1-6H2. The lowest BCUT2D eigenvalue weighted by molar-refractivity contribution is 0.160. The van der Waals surface area contributed by atoms with Crippen molar-refractivity contribution in [1.29, 1.82) is 0 Å². The summed E-state index contributed by atoms with van der Waals surface area (Å²) in [7, 11) is 0. The Morgan fingerprint density at radius 2 is 1.90 bits per heavy atom. The van der Waals surface area contributed by atoms with Gasteiger partial charge >= 0.3 is 0 Å². The molecule has 0 atom stereocenters. The van der Waals surface area contributed by atoms with Crippen molar-refractivity contribution < 1.29 is 0 Å². The second-order valence-corrected chi connectivity index (χ2v) is 4.19. The first kappa shape index (κ1) is 6.95. The molecule has 2 aliphatic heterocycles. The highest BCUT2D eigenvalue weighted by Crippen LogP contribution is 2.13. The quantitative estimate of drug-likeness (QED) is 0.578. The molecule has 0 aromatic carbocycles. The zero-order valence-corrected chi connectivity index (χ0v) is 6.99. The molecule has 0 aliphatic carbocycles. The van der Waals surface area contributed by atoms with E-state index in [1.165, 1.54) is 37.7 Å². The predicted octanol–water partition coefficient (Wildman–Crippen LogP) is 0.00700. The number of hydrogen-bond donors (Lipinski definition) is 1. The molecule has 2 aliphatic rings. The van der Waals surface area contributed by atoms with Crippen molar-refractivity contribution in [2.75, 3.05) is 37.7 Å². The fourth-order valence-corrected chi connectivity index (χ4v) is 2.41. The smallest absolute Gasteiger partial charge is 0.0346 e. The Kier molecular flexibility index (Phi) is 2.16. The van der Waals surface area contributed by atoms with Crippen LogP contribution in [0.25, 0.3) is 0 Å². The Labute approximate surface area is 66.4 Å². The van der Waals surface area contributed by atoms with Crippen LogP contribution in [0.3, 0.4) is 0 Å². The fourth-order valence-electron chi connectivity index (χ4n) is 1.47. The van der Waals surface area contributed by atoms with E-state index in [0.29, 0.717) is 0 Å². The van der Waals surface area contributed by atoms with Crippen LogP contribution in [-0.2, 0) is 0 Å². The van der Waals surface area contributed by atoms with Gasteiger partial charge in [-0.15, -0.1) is 0 Å². The van der Waals surface area contributed by atoms with Crippen LogP contribution in [0.1, 0.15) is 0 Å². The first-order valence-corrected chi connectivity index (χ1v) is 5.15. The van der Waals surface area contributed by atoms with Gasteiger partial charge < -0.3 is 5.32 Å². The number of nitrogens with one attached hydrogen (secondary N) is 1. The highest BCUT2D eigenvalue weighted by atomic mass is 32.2. The second kappa shape index (κ2) is 3.11. The normalized spacial score (nSPS) is 30.0. The molecule has 0 unspecified atom stereocenters. The van der Waals surface area contributed by atoms with Crippen molar-refractivity contribution in [2.24, 2.45) is 0 Å². The van der Waals surface area contributed by atoms with E-state index in [0.717, 1.165) is 6.04 Å². The van der Waals surface area contributed by atoms with Gasteiger partial charge in [0, 0.05) is 43.7 Å². The number of rotatable bonds is 1. The molecule has 1 N–H and O–H groups in total. The molecule has 0 saturated carbocycles. The Morgan fingerprint density at radius 1 is 1.20 bits per heavy atom. The Hall–Kier alpha value is 0.270. The summed E-state index contributed by atoms with van der Waals surface area (Å²) in [6, 6.07) is 0.876.